The zero-order valence-electron chi connectivity index (χ0n) is 37.2. The first-order chi connectivity index (χ1) is 26.7. The highest BCUT2D eigenvalue weighted by Crippen LogP contribution is 2.57. The second-order valence-corrected chi connectivity index (χ2v) is 20.2. The van der Waals surface area contributed by atoms with Crippen molar-refractivity contribution in [1.29, 1.82) is 0 Å². The first kappa shape index (κ1) is 45.2. The van der Waals surface area contributed by atoms with Gasteiger partial charge in [0.15, 0.2) is 5.79 Å². The molecule has 6 aliphatic heterocycles. The zero-order chi connectivity index (χ0) is 41.8. The van der Waals surface area contributed by atoms with E-state index in [0.717, 1.165) is 51.4 Å². The van der Waals surface area contributed by atoms with Crippen LogP contribution in [-0.2, 0) is 52.2 Å². The number of carbonyl (C=O) groups excluding carboxylic acids is 1. The molecular formula is C45H76O12. The normalized spacial score (nSPS) is 49.7. The molecule has 6 heterocycles. The summed E-state index contributed by atoms with van der Waals surface area (Å²) in [4.78, 5) is 24.3. The highest BCUT2D eigenvalue weighted by Gasteiger charge is 2.65. The van der Waals surface area contributed by atoms with Crippen LogP contribution in [0.4, 0.5) is 0 Å². The Morgan fingerprint density at radius 3 is 2.18 bits per heavy atom. The monoisotopic (exact) mass is 809 g/mol. The van der Waals surface area contributed by atoms with Crippen molar-refractivity contribution in [3.05, 3.63) is 0 Å². The summed E-state index contributed by atoms with van der Waals surface area (Å²) in [7, 11) is 3.41. The van der Waals surface area contributed by atoms with E-state index in [0.29, 0.717) is 6.42 Å². The molecule has 19 atom stereocenters. The smallest absolute Gasteiger partial charge is 0.308 e. The SMILES string of the molecule is CO[C@@H]1C[C@@H](C[C@H]2CC[C@H](C)[C@H]([C@@H](C)C(=O)O)O2)OC2(O[C@](C)([C@H]3CC[C@@](C)([C@@H]4O[C@@H]([C@H]5O[C@](COC(=O)C(C)C)(OC)[C@H](C)C[C@@H]5C)C[C@@H]4C)O3)C[C@H]2C)[C@@H]1C. The first-order valence-electron chi connectivity index (χ1n) is 22.2. The predicted molar refractivity (Wildman–Crippen MR) is 212 cm³/mol. The molecule has 0 aromatic carbocycles. The Labute approximate surface area is 342 Å². The third-order valence-electron chi connectivity index (χ3n) is 15.4. The van der Waals surface area contributed by atoms with E-state index in [1.54, 1.807) is 21.1 Å². The largest absolute Gasteiger partial charge is 0.481 e. The van der Waals surface area contributed by atoms with Gasteiger partial charge in [0.25, 0.3) is 0 Å². The van der Waals surface area contributed by atoms with Gasteiger partial charge >= 0.3 is 11.9 Å². The highest BCUT2D eigenvalue weighted by molar-refractivity contribution is 5.71. The number of methoxy groups -OCH3 is 2. The van der Waals surface area contributed by atoms with Gasteiger partial charge in [-0.25, -0.2) is 0 Å². The summed E-state index contributed by atoms with van der Waals surface area (Å²) in [6.45, 7) is 22.9. The van der Waals surface area contributed by atoms with Crippen LogP contribution in [0.2, 0.25) is 0 Å². The van der Waals surface area contributed by atoms with E-state index in [1.165, 1.54) is 0 Å². The summed E-state index contributed by atoms with van der Waals surface area (Å²) >= 11 is 0. The van der Waals surface area contributed by atoms with Crippen LogP contribution in [0.3, 0.4) is 0 Å². The molecule has 6 aliphatic rings. The van der Waals surface area contributed by atoms with E-state index >= 15 is 0 Å². The quantitative estimate of drug-likeness (QED) is 0.195. The van der Waals surface area contributed by atoms with Crippen LogP contribution in [0, 0.1) is 47.3 Å². The van der Waals surface area contributed by atoms with Crippen LogP contribution in [-0.4, -0.2) is 109 Å². The second-order valence-electron chi connectivity index (χ2n) is 20.2. The summed E-state index contributed by atoms with van der Waals surface area (Å²) in [5.74, 6) is -3.02. The fourth-order valence-electron chi connectivity index (χ4n) is 11.9. The molecular weight excluding hydrogens is 732 g/mol. The molecule has 6 fully saturated rings. The average molecular weight is 809 g/mol. The van der Waals surface area contributed by atoms with Gasteiger partial charge in [0.2, 0.25) is 5.79 Å². The van der Waals surface area contributed by atoms with Crippen LogP contribution < -0.4 is 0 Å². The van der Waals surface area contributed by atoms with Crippen molar-refractivity contribution in [2.24, 2.45) is 47.3 Å². The lowest BCUT2D eigenvalue weighted by Gasteiger charge is -2.50. The number of hydrogen-bond donors (Lipinski definition) is 1. The molecule has 57 heavy (non-hydrogen) atoms. The maximum absolute atomic E-state index is 12.4. The van der Waals surface area contributed by atoms with E-state index in [2.05, 4.69) is 55.4 Å². The average Bonchev–Trinajstić information content (AvgIpc) is 3.83. The van der Waals surface area contributed by atoms with Gasteiger partial charge in [-0.1, -0.05) is 55.4 Å². The highest BCUT2D eigenvalue weighted by atomic mass is 16.7. The van der Waals surface area contributed by atoms with Crippen molar-refractivity contribution in [3.63, 3.8) is 0 Å². The molecule has 12 heteroatoms. The molecule has 1 spiro atoms. The summed E-state index contributed by atoms with van der Waals surface area (Å²) < 4.78 is 59.8. The van der Waals surface area contributed by atoms with E-state index in [-0.39, 0.29) is 103 Å². The van der Waals surface area contributed by atoms with Crippen LogP contribution in [0.25, 0.3) is 0 Å². The number of ether oxygens (including phenoxy) is 9. The molecule has 12 nitrogen and oxygen atoms in total. The fourth-order valence-corrected chi connectivity index (χ4v) is 11.9. The number of hydrogen-bond acceptors (Lipinski definition) is 11. The van der Waals surface area contributed by atoms with Gasteiger partial charge in [-0.2, -0.15) is 0 Å². The van der Waals surface area contributed by atoms with E-state index in [1.807, 2.05) is 13.8 Å². The Kier molecular flexibility index (Phi) is 13.6. The number of carboxylic acid groups (broad SMARTS) is 1. The molecule has 1 unspecified atom stereocenters. The van der Waals surface area contributed by atoms with Crippen molar-refractivity contribution in [3.8, 4) is 0 Å². The topological polar surface area (TPSA) is 137 Å². The van der Waals surface area contributed by atoms with Crippen molar-refractivity contribution >= 4 is 11.9 Å². The van der Waals surface area contributed by atoms with E-state index in [4.69, 9.17) is 42.6 Å². The van der Waals surface area contributed by atoms with Gasteiger partial charge in [-0.15, -0.1) is 0 Å². The number of carboxylic acids is 1. The van der Waals surface area contributed by atoms with Crippen LogP contribution >= 0.6 is 0 Å². The minimum absolute atomic E-state index is 0.0114. The summed E-state index contributed by atoms with van der Waals surface area (Å²) in [5, 5.41) is 9.75. The maximum atomic E-state index is 12.4. The predicted octanol–water partition coefficient (Wildman–Crippen LogP) is 7.57. The van der Waals surface area contributed by atoms with Crippen molar-refractivity contribution in [1.82, 2.24) is 0 Å². The number of esters is 1. The van der Waals surface area contributed by atoms with Gasteiger partial charge in [0.05, 0.1) is 71.9 Å². The molecule has 0 aromatic rings. The molecule has 1 N–H and O–H groups in total. The standard InChI is InChI=1S/C45H76O12/c1-24(2)41(48)51-23-44(50-13)28(6)18-26(4)38(56-44)35-19-27(5)39(53-35)42(10)17-16-36(55-42)43(11)22-29(7)45(57-43)31(9)34(49-12)21-33(54-45)20-32-15-14-25(3)37(52-32)30(8)40(46)47/h24-39H,14-23H2,1-13H3,(H,46,47)/t25-,26-,27-,28+,29+,30+,31+,32+,33+,34+,35+,36+,37+,38-,39+,42-,43-,44-,45?/m0/s1. The number of aliphatic carboxylic acids is 1. The zero-order valence-corrected chi connectivity index (χ0v) is 37.2. The van der Waals surface area contributed by atoms with Crippen LogP contribution in [0.5, 0.6) is 0 Å². The molecule has 0 aromatic heterocycles. The lowest BCUT2D eigenvalue weighted by atomic mass is 9.78. The Morgan fingerprint density at radius 1 is 0.807 bits per heavy atom. The van der Waals surface area contributed by atoms with Crippen molar-refractivity contribution in [2.75, 3.05) is 20.8 Å². The fraction of sp³-hybridized carbons (Fsp3) is 0.956. The van der Waals surface area contributed by atoms with Gasteiger partial charge in [0, 0.05) is 44.8 Å². The molecule has 6 rings (SSSR count). The lowest BCUT2D eigenvalue weighted by molar-refractivity contribution is -0.353. The van der Waals surface area contributed by atoms with Crippen LogP contribution in [0.1, 0.15) is 134 Å². The molecule has 328 valence electrons. The number of rotatable bonds is 12. The number of carbonyl (C=O) groups is 2. The Bertz CT molecular complexity index is 1410. The molecule has 0 amide bonds. The Morgan fingerprint density at radius 2 is 1.53 bits per heavy atom. The molecule has 0 aliphatic carbocycles. The van der Waals surface area contributed by atoms with Gasteiger partial charge in [0.1, 0.15) is 6.61 Å². The van der Waals surface area contributed by atoms with Crippen molar-refractivity contribution < 1.29 is 57.3 Å². The maximum Gasteiger partial charge on any atom is 0.308 e. The Hall–Kier alpha value is -1.38. The second kappa shape index (κ2) is 17.2. The van der Waals surface area contributed by atoms with Gasteiger partial charge < -0.3 is 47.7 Å². The van der Waals surface area contributed by atoms with Crippen LogP contribution in [0.15, 0.2) is 0 Å². The summed E-state index contributed by atoms with van der Waals surface area (Å²) in [6, 6.07) is 0. The summed E-state index contributed by atoms with van der Waals surface area (Å²) in [5.41, 5.74) is -1.11. The molecule has 0 radical (unpaired) electrons. The Balaban J connectivity index is 1.13. The van der Waals surface area contributed by atoms with Gasteiger partial charge in [-0.05, 0) is 83.5 Å². The minimum Gasteiger partial charge on any atom is -0.481 e. The van der Waals surface area contributed by atoms with E-state index < -0.39 is 34.7 Å². The molecule has 0 saturated carbocycles. The van der Waals surface area contributed by atoms with E-state index in [9.17, 15) is 14.7 Å². The van der Waals surface area contributed by atoms with Crippen molar-refractivity contribution in [2.45, 2.75) is 206 Å². The first-order valence-corrected chi connectivity index (χ1v) is 22.2. The third kappa shape index (κ3) is 8.60. The van der Waals surface area contributed by atoms with Gasteiger partial charge in [-0.3, -0.25) is 9.59 Å². The lowest BCUT2D eigenvalue weighted by Crippen LogP contribution is -2.58. The third-order valence-corrected chi connectivity index (χ3v) is 15.4. The minimum atomic E-state index is -1.03. The molecule has 0 bridgehead atoms. The summed E-state index contributed by atoms with van der Waals surface area (Å²) in [6.07, 6.45) is 6.11. The molecule has 6 saturated heterocycles.